The Kier molecular flexibility index (Phi) is 4.74. The van der Waals surface area contributed by atoms with Crippen molar-refractivity contribution in [3.8, 4) is 0 Å². The quantitative estimate of drug-likeness (QED) is 0.280. The second-order valence-corrected chi connectivity index (χ2v) is 2.78. The molecular formula is C10H14O3. The maximum absolute atomic E-state index is 11.2. The summed E-state index contributed by atoms with van der Waals surface area (Å²) in [6.45, 7) is 10.1. The summed E-state index contributed by atoms with van der Waals surface area (Å²) in [5.41, 5.74) is 0.364. The molecule has 0 aliphatic carbocycles. The second kappa shape index (κ2) is 5.30. The highest BCUT2D eigenvalue weighted by molar-refractivity contribution is 6.07. The fraction of sp³-hybridized carbons (Fsp3) is 0.400. The molecule has 3 nitrogen and oxygen atoms in total. The molecule has 0 aliphatic heterocycles. The van der Waals surface area contributed by atoms with Gasteiger partial charge in [-0.05, 0) is 19.4 Å². The Bertz CT molecular complexity index is 241. The van der Waals surface area contributed by atoms with Gasteiger partial charge >= 0.3 is 5.97 Å². The van der Waals surface area contributed by atoms with Gasteiger partial charge in [0.25, 0.3) is 0 Å². The minimum atomic E-state index is -0.766. The monoisotopic (exact) mass is 182 g/mol. The first-order chi connectivity index (χ1) is 6.00. The van der Waals surface area contributed by atoms with Crippen molar-refractivity contribution < 1.29 is 14.3 Å². The van der Waals surface area contributed by atoms with Crippen molar-refractivity contribution in [2.75, 3.05) is 6.61 Å². The highest BCUT2D eigenvalue weighted by Gasteiger charge is 2.22. The third kappa shape index (κ3) is 3.69. The maximum atomic E-state index is 11.2. The summed E-state index contributed by atoms with van der Waals surface area (Å²) in [7, 11) is 0. The highest BCUT2D eigenvalue weighted by atomic mass is 16.5. The summed E-state index contributed by atoms with van der Waals surface area (Å²) < 4.78 is 4.71. The molecule has 0 aromatic rings. The first kappa shape index (κ1) is 11.6. The van der Waals surface area contributed by atoms with E-state index < -0.39 is 11.9 Å². The lowest BCUT2D eigenvalue weighted by molar-refractivity contribution is -0.149. The normalized spacial score (nSPS) is 11.5. The SMILES string of the molecule is C=CCOC(=O)C(C)C(=O)C(=C)C. The van der Waals surface area contributed by atoms with E-state index in [1.54, 1.807) is 6.92 Å². The molecule has 0 saturated heterocycles. The predicted molar refractivity (Wildman–Crippen MR) is 50.1 cm³/mol. The summed E-state index contributed by atoms with van der Waals surface area (Å²) >= 11 is 0. The van der Waals surface area contributed by atoms with Gasteiger partial charge in [-0.1, -0.05) is 19.2 Å². The summed E-state index contributed by atoms with van der Waals surface area (Å²) in [5, 5.41) is 0. The molecular weight excluding hydrogens is 168 g/mol. The molecule has 0 aliphatic rings. The van der Waals surface area contributed by atoms with Crippen molar-refractivity contribution in [2.45, 2.75) is 13.8 Å². The molecule has 0 heterocycles. The number of hydrogen-bond donors (Lipinski definition) is 0. The van der Waals surface area contributed by atoms with Gasteiger partial charge in [0.2, 0.25) is 0 Å². The molecule has 0 bridgehead atoms. The van der Waals surface area contributed by atoms with Crippen LogP contribution in [0.25, 0.3) is 0 Å². The standard InChI is InChI=1S/C10H14O3/c1-5-6-13-10(12)8(4)9(11)7(2)3/h5,8H,1-2,6H2,3-4H3. The summed E-state index contributed by atoms with van der Waals surface area (Å²) in [4.78, 5) is 22.3. The Labute approximate surface area is 78.1 Å². The topological polar surface area (TPSA) is 43.4 Å². The zero-order valence-electron chi connectivity index (χ0n) is 8.00. The average Bonchev–Trinajstić information content (AvgIpc) is 2.11. The van der Waals surface area contributed by atoms with Crippen LogP contribution in [-0.2, 0) is 14.3 Å². The van der Waals surface area contributed by atoms with Crippen LogP contribution in [-0.4, -0.2) is 18.4 Å². The van der Waals surface area contributed by atoms with E-state index in [-0.39, 0.29) is 12.4 Å². The number of carbonyl (C=O) groups is 2. The van der Waals surface area contributed by atoms with Gasteiger partial charge in [-0.15, -0.1) is 0 Å². The first-order valence-corrected chi connectivity index (χ1v) is 3.98. The second-order valence-electron chi connectivity index (χ2n) is 2.78. The van der Waals surface area contributed by atoms with Crippen LogP contribution in [0.15, 0.2) is 24.8 Å². The van der Waals surface area contributed by atoms with Crippen LogP contribution in [0.4, 0.5) is 0 Å². The van der Waals surface area contributed by atoms with Gasteiger partial charge in [-0.2, -0.15) is 0 Å². The van der Waals surface area contributed by atoms with Crippen molar-refractivity contribution in [2.24, 2.45) is 5.92 Å². The Balaban J connectivity index is 4.17. The lowest BCUT2D eigenvalue weighted by Crippen LogP contribution is -2.23. The first-order valence-electron chi connectivity index (χ1n) is 3.98. The van der Waals surface area contributed by atoms with E-state index in [2.05, 4.69) is 13.2 Å². The van der Waals surface area contributed by atoms with E-state index in [1.165, 1.54) is 13.0 Å². The van der Waals surface area contributed by atoms with E-state index in [4.69, 9.17) is 4.74 Å². The molecule has 13 heavy (non-hydrogen) atoms. The number of carbonyl (C=O) groups excluding carboxylic acids is 2. The molecule has 0 saturated carbocycles. The molecule has 0 rings (SSSR count). The zero-order valence-corrected chi connectivity index (χ0v) is 8.00. The number of ether oxygens (including phenoxy) is 1. The summed E-state index contributed by atoms with van der Waals surface area (Å²) in [5.74, 6) is -1.58. The number of allylic oxidation sites excluding steroid dienone is 1. The molecule has 0 aromatic heterocycles. The van der Waals surface area contributed by atoms with Crippen LogP contribution < -0.4 is 0 Å². The lowest BCUT2D eigenvalue weighted by atomic mass is 10.0. The molecule has 0 aromatic carbocycles. The van der Waals surface area contributed by atoms with Gasteiger partial charge < -0.3 is 4.74 Å². The van der Waals surface area contributed by atoms with E-state index in [1.807, 2.05) is 0 Å². The van der Waals surface area contributed by atoms with E-state index in [9.17, 15) is 9.59 Å². The molecule has 0 N–H and O–H groups in total. The van der Waals surface area contributed by atoms with Gasteiger partial charge in [0.1, 0.15) is 12.5 Å². The van der Waals surface area contributed by atoms with Crippen molar-refractivity contribution in [3.63, 3.8) is 0 Å². The minimum Gasteiger partial charge on any atom is -0.461 e. The minimum absolute atomic E-state index is 0.132. The lowest BCUT2D eigenvalue weighted by Gasteiger charge is -2.08. The zero-order chi connectivity index (χ0) is 10.4. The number of rotatable bonds is 5. The van der Waals surface area contributed by atoms with Crippen LogP contribution in [0, 0.1) is 5.92 Å². The molecule has 1 atom stereocenters. The third-order valence-corrected chi connectivity index (χ3v) is 1.51. The Morgan fingerprint density at radius 2 is 2.08 bits per heavy atom. The molecule has 0 radical (unpaired) electrons. The Morgan fingerprint density at radius 3 is 2.46 bits per heavy atom. The Hall–Kier alpha value is -1.38. The maximum Gasteiger partial charge on any atom is 0.316 e. The fourth-order valence-corrected chi connectivity index (χ4v) is 0.743. The number of ketones is 1. The molecule has 3 heteroatoms. The molecule has 0 spiro atoms. The third-order valence-electron chi connectivity index (χ3n) is 1.51. The van der Waals surface area contributed by atoms with Gasteiger partial charge in [-0.25, -0.2) is 0 Å². The van der Waals surface area contributed by atoms with Gasteiger partial charge in [0.15, 0.2) is 5.78 Å². The van der Waals surface area contributed by atoms with E-state index >= 15 is 0 Å². The van der Waals surface area contributed by atoms with E-state index in [0.29, 0.717) is 5.57 Å². The molecule has 1 unspecified atom stereocenters. The summed E-state index contributed by atoms with van der Waals surface area (Å²) in [6.07, 6.45) is 1.45. The van der Waals surface area contributed by atoms with Gasteiger partial charge in [0, 0.05) is 0 Å². The van der Waals surface area contributed by atoms with Gasteiger partial charge in [-0.3, -0.25) is 9.59 Å². The number of esters is 1. The van der Waals surface area contributed by atoms with Crippen LogP contribution in [0.3, 0.4) is 0 Å². The van der Waals surface area contributed by atoms with Crippen molar-refractivity contribution in [1.29, 1.82) is 0 Å². The number of hydrogen-bond acceptors (Lipinski definition) is 3. The highest BCUT2D eigenvalue weighted by Crippen LogP contribution is 2.06. The largest absolute Gasteiger partial charge is 0.461 e. The van der Waals surface area contributed by atoms with E-state index in [0.717, 1.165) is 0 Å². The van der Waals surface area contributed by atoms with Crippen LogP contribution in [0.5, 0.6) is 0 Å². The van der Waals surface area contributed by atoms with Crippen LogP contribution in [0.2, 0.25) is 0 Å². The fourth-order valence-electron chi connectivity index (χ4n) is 0.743. The van der Waals surface area contributed by atoms with Crippen molar-refractivity contribution >= 4 is 11.8 Å². The molecule has 0 fully saturated rings. The molecule has 0 amide bonds. The molecule has 72 valence electrons. The number of Topliss-reactive ketones (excluding diaryl/α,β-unsaturated/α-hetero) is 1. The smallest absolute Gasteiger partial charge is 0.316 e. The van der Waals surface area contributed by atoms with Gasteiger partial charge in [0.05, 0.1) is 0 Å². The predicted octanol–water partition coefficient (Wildman–Crippen LogP) is 1.50. The van der Waals surface area contributed by atoms with Crippen LogP contribution >= 0.6 is 0 Å². The Morgan fingerprint density at radius 1 is 1.54 bits per heavy atom. The van der Waals surface area contributed by atoms with Crippen molar-refractivity contribution in [3.05, 3.63) is 24.8 Å². The summed E-state index contributed by atoms with van der Waals surface area (Å²) in [6, 6.07) is 0. The van der Waals surface area contributed by atoms with Crippen molar-refractivity contribution in [1.82, 2.24) is 0 Å². The van der Waals surface area contributed by atoms with Crippen LogP contribution in [0.1, 0.15) is 13.8 Å². The average molecular weight is 182 g/mol.